The second kappa shape index (κ2) is 4.68. The van der Waals surface area contributed by atoms with Gasteiger partial charge in [-0.3, -0.25) is 9.59 Å². The van der Waals surface area contributed by atoms with Crippen molar-refractivity contribution in [3.05, 3.63) is 28.0 Å². The third-order valence-electron chi connectivity index (χ3n) is 3.06. The van der Waals surface area contributed by atoms with Gasteiger partial charge in [-0.2, -0.15) is 0 Å². The topological polar surface area (TPSA) is 63.4 Å². The first-order valence-electron chi connectivity index (χ1n) is 5.45. The van der Waals surface area contributed by atoms with Crippen molar-refractivity contribution in [2.75, 3.05) is 11.4 Å². The molecule has 2 rings (SSSR count). The number of carbonyl (C=O) groups excluding carboxylic acids is 2. The monoisotopic (exact) mass is 314 g/mol. The molecule has 1 heterocycles. The first kappa shape index (κ1) is 13.0. The Balaban J connectivity index is 2.35. The minimum atomic E-state index is -0.482. The van der Waals surface area contributed by atoms with E-state index in [1.54, 1.807) is 13.0 Å². The number of hydrogen-bond acceptors (Lipinski definition) is 2. The van der Waals surface area contributed by atoms with Crippen molar-refractivity contribution >= 4 is 33.4 Å². The van der Waals surface area contributed by atoms with Crippen LogP contribution in [0.4, 0.5) is 10.1 Å². The zero-order chi connectivity index (χ0) is 13.4. The van der Waals surface area contributed by atoms with Crippen molar-refractivity contribution in [2.45, 2.75) is 13.3 Å². The van der Waals surface area contributed by atoms with Gasteiger partial charge >= 0.3 is 0 Å². The van der Waals surface area contributed by atoms with Crippen molar-refractivity contribution in [1.82, 2.24) is 0 Å². The van der Waals surface area contributed by atoms with E-state index in [2.05, 4.69) is 15.9 Å². The lowest BCUT2D eigenvalue weighted by molar-refractivity contribution is -0.123. The van der Waals surface area contributed by atoms with Crippen LogP contribution in [0, 0.1) is 18.7 Å². The molecular weight excluding hydrogens is 303 g/mol. The fraction of sp³-hybridized carbons (Fsp3) is 0.333. The Morgan fingerprint density at radius 3 is 2.78 bits per heavy atom. The maximum Gasteiger partial charge on any atom is 0.227 e. The minimum Gasteiger partial charge on any atom is -0.369 e. The summed E-state index contributed by atoms with van der Waals surface area (Å²) in [6.07, 6.45) is 0.115. The molecule has 18 heavy (non-hydrogen) atoms. The molecule has 6 heteroatoms. The molecule has 0 aromatic heterocycles. The molecule has 0 saturated carbocycles. The summed E-state index contributed by atoms with van der Waals surface area (Å²) < 4.78 is 13.6. The minimum absolute atomic E-state index is 0.115. The number of nitrogens with zero attached hydrogens (tertiary/aromatic N) is 1. The number of hydrogen-bond donors (Lipinski definition) is 1. The Labute approximate surface area is 112 Å². The molecule has 1 atom stereocenters. The molecule has 1 unspecified atom stereocenters. The molecule has 1 saturated heterocycles. The summed E-state index contributed by atoms with van der Waals surface area (Å²) >= 11 is 3.09. The van der Waals surface area contributed by atoms with Gasteiger partial charge in [0, 0.05) is 18.7 Å². The number of benzene rings is 1. The maximum absolute atomic E-state index is 13.3. The van der Waals surface area contributed by atoms with Crippen LogP contribution in [0.1, 0.15) is 12.0 Å². The van der Waals surface area contributed by atoms with E-state index in [-0.39, 0.29) is 24.7 Å². The molecule has 1 fully saturated rings. The van der Waals surface area contributed by atoms with Gasteiger partial charge in [0.25, 0.3) is 0 Å². The van der Waals surface area contributed by atoms with Crippen molar-refractivity contribution in [3.63, 3.8) is 0 Å². The molecular formula is C12H12BrFN2O2. The van der Waals surface area contributed by atoms with Crippen molar-refractivity contribution in [1.29, 1.82) is 0 Å². The summed E-state index contributed by atoms with van der Waals surface area (Å²) in [5.74, 6) is -1.50. The Kier molecular flexibility index (Phi) is 3.38. The normalized spacial score (nSPS) is 19.4. The standard InChI is InChI=1S/C12H12BrFN2O2/c1-6-2-9(14)8(13)4-10(6)16-5-7(12(15)18)3-11(16)17/h2,4,7H,3,5H2,1H3,(H2,15,18). The lowest BCUT2D eigenvalue weighted by atomic mass is 10.1. The van der Waals surface area contributed by atoms with E-state index < -0.39 is 11.8 Å². The van der Waals surface area contributed by atoms with Crippen LogP contribution in [-0.2, 0) is 9.59 Å². The molecule has 0 radical (unpaired) electrons. The van der Waals surface area contributed by atoms with Gasteiger partial charge in [0.05, 0.1) is 10.4 Å². The van der Waals surface area contributed by atoms with Crippen LogP contribution in [-0.4, -0.2) is 18.4 Å². The van der Waals surface area contributed by atoms with Crippen LogP contribution < -0.4 is 10.6 Å². The van der Waals surface area contributed by atoms with Crippen molar-refractivity contribution in [3.8, 4) is 0 Å². The average molecular weight is 315 g/mol. The zero-order valence-electron chi connectivity index (χ0n) is 9.74. The summed E-state index contributed by atoms with van der Waals surface area (Å²) in [5, 5.41) is 0. The molecule has 1 aliphatic heterocycles. The van der Waals surface area contributed by atoms with E-state index in [9.17, 15) is 14.0 Å². The maximum atomic E-state index is 13.3. The zero-order valence-corrected chi connectivity index (χ0v) is 11.3. The molecule has 1 aromatic rings. The number of anilines is 1. The first-order chi connectivity index (χ1) is 8.40. The summed E-state index contributed by atoms with van der Waals surface area (Å²) in [6, 6.07) is 2.90. The lowest BCUT2D eigenvalue weighted by Gasteiger charge is -2.19. The van der Waals surface area contributed by atoms with Crippen LogP contribution in [0.15, 0.2) is 16.6 Å². The summed E-state index contributed by atoms with van der Waals surface area (Å²) in [6.45, 7) is 1.98. The Morgan fingerprint density at radius 1 is 1.56 bits per heavy atom. The summed E-state index contributed by atoms with van der Waals surface area (Å²) in [4.78, 5) is 24.4. The van der Waals surface area contributed by atoms with Crippen LogP contribution in [0.3, 0.4) is 0 Å². The van der Waals surface area contributed by atoms with E-state index in [0.29, 0.717) is 15.7 Å². The van der Waals surface area contributed by atoms with Crippen molar-refractivity contribution < 1.29 is 14.0 Å². The highest BCUT2D eigenvalue weighted by molar-refractivity contribution is 9.10. The highest BCUT2D eigenvalue weighted by atomic mass is 79.9. The third-order valence-corrected chi connectivity index (χ3v) is 3.66. The predicted octanol–water partition coefficient (Wildman–Crippen LogP) is 1.73. The molecule has 0 spiro atoms. The van der Waals surface area contributed by atoms with Gasteiger partial charge in [0.15, 0.2) is 0 Å². The van der Waals surface area contributed by atoms with Crippen LogP contribution >= 0.6 is 15.9 Å². The van der Waals surface area contributed by atoms with Crippen LogP contribution in [0.25, 0.3) is 0 Å². The summed E-state index contributed by atoms with van der Waals surface area (Å²) in [5.41, 5.74) is 6.46. The van der Waals surface area contributed by atoms with E-state index in [0.717, 1.165) is 0 Å². The number of amides is 2. The molecule has 2 amide bonds. The largest absolute Gasteiger partial charge is 0.369 e. The van der Waals surface area contributed by atoms with Gasteiger partial charge in [-0.15, -0.1) is 0 Å². The molecule has 4 nitrogen and oxygen atoms in total. The number of carbonyl (C=O) groups is 2. The van der Waals surface area contributed by atoms with Crippen LogP contribution in [0.2, 0.25) is 0 Å². The lowest BCUT2D eigenvalue weighted by Crippen LogP contribution is -2.28. The van der Waals surface area contributed by atoms with E-state index in [4.69, 9.17) is 5.73 Å². The quantitative estimate of drug-likeness (QED) is 0.903. The fourth-order valence-corrected chi connectivity index (χ4v) is 2.39. The molecule has 0 aliphatic carbocycles. The highest BCUT2D eigenvalue weighted by Crippen LogP contribution is 2.31. The van der Waals surface area contributed by atoms with E-state index in [1.165, 1.54) is 11.0 Å². The van der Waals surface area contributed by atoms with Crippen LogP contribution in [0.5, 0.6) is 0 Å². The first-order valence-corrected chi connectivity index (χ1v) is 6.24. The Morgan fingerprint density at radius 2 is 2.22 bits per heavy atom. The van der Waals surface area contributed by atoms with Crippen molar-refractivity contribution in [2.24, 2.45) is 11.7 Å². The van der Waals surface area contributed by atoms with Gasteiger partial charge in [-0.1, -0.05) is 0 Å². The molecule has 96 valence electrons. The third kappa shape index (κ3) is 2.25. The molecule has 1 aliphatic rings. The van der Waals surface area contributed by atoms with Gasteiger partial charge in [-0.25, -0.2) is 4.39 Å². The average Bonchev–Trinajstić information content (AvgIpc) is 2.66. The van der Waals surface area contributed by atoms with E-state index >= 15 is 0 Å². The smallest absolute Gasteiger partial charge is 0.227 e. The highest BCUT2D eigenvalue weighted by Gasteiger charge is 2.34. The van der Waals surface area contributed by atoms with Gasteiger partial charge < -0.3 is 10.6 Å². The Hall–Kier alpha value is -1.43. The molecule has 2 N–H and O–H groups in total. The Bertz CT molecular complexity index is 533. The number of aryl methyl sites for hydroxylation is 1. The second-order valence-corrected chi connectivity index (χ2v) is 5.21. The number of rotatable bonds is 2. The SMILES string of the molecule is Cc1cc(F)c(Br)cc1N1CC(C(N)=O)CC1=O. The second-order valence-electron chi connectivity index (χ2n) is 4.36. The predicted molar refractivity (Wildman–Crippen MR) is 68.5 cm³/mol. The van der Waals surface area contributed by atoms with Gasteiger partial charge in [0.1, 0.15) is 5.82 Å². The van der Waals surface area contributed by atoms with E-state index in [1.807, 2.05) is 0 Å². The molecule has 0 bridgehead atoms. The number of halogens is 2. The fourth-order valence-electron chi connectivity index (χ4n) is 2.06. The number of nitrogens with two attached hydrogens (primary N) is 1. The van der Waals surface area contributed by atoms with Gasteiger partial charge in [0.2, 0.25) is 11.8 Å². The van der Waals surface area contributed by atoms with Gasteiger partial charge in [-0.05, 0) is 40.5 Å². The molecule has 1 aromatic carbocycles. The summed E-state index contributed by atoms with van der Waals surface area (Å²) in [7, 11) is 0. The number of primary amides is 1.